The third-order valence-corrected chi connectivity index (χ3v) is 8.34. The van der Waals surface area contributed by atoms with Crippen molar-refractivity contribution < 1.29 is 18.1 Å². The first kappa shape index (κ1) is 29.6. The lowest BCUT2D eigenvalue weighted by Gasteiger charge is -2.32. The predicted octanol–water partition coefficient (Wildman–Crippen LogP) is 6.30. The van der Waals surface area contributed by atoms with Gasteiger partial charge in [-0.3, -0.25) is 4.79 Å². The molecule has 0 aliphatic rings. The first-order chi connectivity index (χ1) is 14.3. The molecule has 0 saturated heterocycles. The van der Waals surface area contributed by atoms with Crippen LogP contribution in [0.1, 0.15) is 106 Å². The number of carbonyl (C=O) groups excluding carboxylic acids is 1. The zero-order valence-corrected chi connectivity index (χ0v) is 21.8. The summed E-state index contributed by atoms with van der Waals surface area (Å²) in [6, 6.07) is 0.777. The molecule has 0 unspecified atom stereocenters. The number of carbonyl (C=O) groups is 1. The van der Waals surface area contributed by atoms with E-state index in [2.05, 4.69) is 32.5 Å². The fourth-order valence-corrected chi connectivity index (χ4v) is 6.43. The average Bonchev–Trinajstić information content (AvgIpc) is 2.70. The van der Waals surface area contributed by atoms with Crippen molar-refractivity contribution >= 4 is 14.7 Å². The fraction of sp³-hybridized carbons (Fsp3) is 0.917. The second-order valence-electron chi connectivity index (χ2n) is 8.81. The van der Waals surface area contributed by atoms with E-state index in [4.69, 9.17) is 13.3 Å². The van der Waals surface area contributed by atoms with E-state index in [1.807, 2.05) is 20.8 Å². The third kappa shape index (κ3) is 15.4. The van der Waals surface area contributed by atoms with Gasteiger partial charge in [0.1, 0.15) is 0 Å². The normalized spacial score (nSPS) is 12.3. The maximum atomic E-state index is 12.2. The van der Waals surface area contributed by atoms with Gasteiger partial charge in [-0.15, -0.1) is 0 Å². The van der Waals surface area contributed by atoms with Gasteiger partial charge in [-0.25, -0.2) is 0 Å². The Bertz CT molecular complexity index is 401. The number of nitrogens with one attached hydrogen (secondary N) is 1. The Balaban J connectivity index is 4.09. The Morgan fingerprint density at radius 2 is 1.43 bits per heavy atom. The summed E-state index contributed by atoms with van der Waals surface area (Å²) < 4.78 is 17.8. The van der Waals surface area contributed by atoms with Gasteiger partial charge >= 0.3 is 8.80 Å². The molecule has 0 aromatic rings. The molecule has 0 fully saturated rings. The minimum absolute atomic E-state index is 0.0223. The Kier molecular flexibility index (Phi) is 17.9. The molecule has 1 radical (unpaired) electrons. The number of unbranched alkanes of at least 4 members (excludes halogenated alkanes) is 8. The standard InChI is InChI=1S/C24H50NO4Si/c1-7-11-12-13-14-15-16-17-18-19-23(26)25-22-24(5,6)20-21-30(27-8-2,28-9-3)29-10-4/h15H,7-14,16-22H2,1-6H3,(H,25,26). The summed E-state index contributed by atoms with van der Waals surface area (Å²) in [5.41, 5.74) is -0.0223. The van der Waals surface area contributed by atoms with Crippen LogP contribution >= 0.6 is 0 Å². The zero-order valence-electron chi connectivity index (χ0n) is 20.8. The van der Waals surface area contributed by atoms with Crippen molar-refractivity contribution in [3.8, 4) is 0 Å². The monoisotopic (exact) mass is 444 g/mol. The van der Waals surface area contributed by atoms with Gasteiger partial charge in [0.05, 0.1) is 0 Å². The molecule has 5 nitrogen and oxygen atoms in total. The molecule has 0 heterocycles. The number of hydrogen-bond donors (Lipinski definition) is 1. The van der Waals surface area contributed by atoms with E-state index < -0.39 is 8.80 Å². The van der Waals surface area contributed by atoms with Gasteiger partial charge in [-0.1, -0.05) is 65.7 Å². The second-order valence-corrected chi connectivity index (χ2v) is 11.5. The van der Waals surface area contributed by atoms with E-state index in [-0.39, 0.29) is 11.3 Å². The molecule has 179 valence electrons. The predicted molar refractivity (Wildman–Crippen MR) is 128 cm³/mol. The van der Waals surface area contributed by atoms with E-state index in [9.17, 15) is 4.79 Å². The minimum atomic E-state index is -2.62. The van der Waals surface area contributed by atoms with Crippen molar-refractivity contribution in [3.63, 3.8) is 0 Å². The SMILES string of the molecule is CCCCCC[CH]CCCCC(=O)NCC(C)(C)CC[Si](OCC)(OCC)OCC. The average molecular weight is 445 g/mol. The van der Waals surface area contributed by atoms with Crippen molar-refractivity contribution in [2.75, 3.05) is 26.4 Å². The lowest BCUT2D eigenvalue weighted by Crippen LogP contribution is -2.47. The zero-order chi connectivity index (χ0) is 22.7. The van der Waals surface area contributed by atoms with Gasteiger partial charge in [0.2, 0.25) is 5.91 Å². The molecule has 0 aliphatic heterocycles. The molecular weight excluding hydrogens is 394 g/mol. The molecule has 0 bridgehead atoms. The van der Waals surface area contributed by atoms with Crippen LogP contribution in [0.15, 0.2) is 0 Å². The summed E-state index contributed by atoms with van der Waals surface area (Å²) in [7, 11) is -2.62. The third-order valence-electron chi connectivity index (χ3n) is 5.29. The Morgan fingerprint density at radius 1 is 0.867 bits per heavy atom. The lowest BCUT2D eigenvalue weighted by atomic mass is 9.90. The van der Waals surface area contributed by atoms with E-state index >= 15 is 0 Å². The molecule has 0 aliphatic carbocycles. The van der Waals surface area contributed by atoms with Crippen LogP contribution in [-0.4, -0.2) is 41.1 Å². The molecule has 6 heteroatoms. The highest BCUT2D eigenvalue weighted by molar-refractivity contribution is 6.60. The van der Waals surface area contributed by atoms with Crippen molar-refractivity contribution in [2.24, 2.45) is 5.41 Å². The van der Waals surface area contributed by atoms with Gasteiger partial charge in [-0.05, 0) is 45.4 Å². The van der Waals surface area contributed by atoms with Gasteiger partial charge in [0, 0.05) is 38.8 Å². The van der Waals surface area contributed by atoms with Crippen LogP contribution in [-0.2, 0) is 18.1 Å². The Hall–Kier alpha value is -0.433. The van der Waals surface area contributed by atoms with Crippen LogP contribution in [0.4, 0.5) is 0 Å². The summed E-state index contributed by atoms with van der Waals surface area (Å²) >= 11 is 0. The summed E-state index contributed by atoms with van der Waals surface area (Å²) in [5, 5.41) is 3.12. The Labute approximate surface area is 188 Å². The molecule has 0 spiro atoms. The largest absolute Gasteiger partial charge is 0.500 e. The molecule has 0 saturated carbocycles. The second kappa shape index (κ2) is 18.2. The quantitative estimate of drug-likeness (QED) is 0.167. The molecule has 0 atom stereocenters. The van der Waals surface area contributed by atoms with Crippen molar-refractivity contribution in [1.82, 2.24) is 5.32 Å². The molecule has 0 aromatic carbocycles. The van der Waals surface area contributed by atoms with Gasteiger partial charge in [0.15, 0.2) is 0 Å². The van der Waals surface area contributed by atoms with Crippen LogP contribution in [0, 0.1) is 11.8 Å². The first-order valence-electron chi connectivity index (χ1n) is 12.3. The Morgan fingerprint density at radius 3 is 1.97 bits per heavy atom. The van der Waals surface area contributed by atoms with E-state index in [0.29, 0.717) is 32.8 Å². The van der Waals surface area contributed by atoms with Crippen molar-refractivity contribution in [3.05, 3.63) is 6.42 Å². The fourth-order valence-electron chi connectivity index (χ4n) is 3.44. The van der Waals surface area contributed by atoms with Crippen molar-refractivity contribution in [2.45, 2.75) is 112 Å². The van der Waals surface area contributed by atoms with Gasteiger partial charge in [-0.2, -0.15) is 0 Å². The highest BCUT2D eigenvalue weighted by Gasteiger charge is 2.41. The highest BCUT2D eigenvalue weighted by Crippen LogP contribution is 2.28. The van der Waals surface area contributed by atoms with Gasteiger partial charge < -0.3 is 18.6 Å². The van der Waals surface area contributed by atoms with Crippen molar-refractivity contribution in [1.29, 1.82) is 0 Å². The van der Waals surface area contributed by atoms with Crippen LogP contribution < -0.4 is 5.32 Å². The highest BCUT2D eigenvalue weighted by atomic mass is 28.4. The summed E-state index contributed by atoms with van der Waals surface area (Å²) in [4.78, 5) is 12.2. The van der Waals surface area contributed by atoms with Crippen LogP contribution in [0.3, 0.4) is 0 Å². The maximum Gasteiger partial charge on any atom is 0.500 e. The van der Waals surface area contributed by atoms with Gasteiger partial charge in [0.25, 0.3) is 0 Å². The smallest absolute Gasteiger partial charge is 0.374 e. The molecule has 0 rings (SSSR count). The number of amides is 1. The minimum Gasteiger partial charge on any atom is -0.374 e. The molecule has 1 amide bonds. The number of rotatable bonds is 21. The number of hydrogen-bond acceptors (Lipinski definition) is 4. The summed E-state index contributed by atoms with van der Waals surface area (Å²) in [6.07, 6.45) is 13.6. The van der Waals surface area contributed by atoms with Crippen LogP contribution in [0.2, 0.25) is 6.04 Å². The summed E-state index contributed by atoms with van der Waals surface area (Å²) in [6.45, 7) is 15.0. The first-order valence-corrected chi connectivity index (χ1v) is 14.3. The topological polar surface area (TPSA) is 56.8 Å². The van der Waals surface area contributed by atoms with E-state index in [1.54, 1.807) is 0 Å². The molecule has 1 N–H and O–H groups in total. The van der Waals surface area contributed by atoms with Crippen LogP contribution in [0.5, 0.6) is 0 Å². The lowest BCUT2D eigenvalue weighted by molar-refractivity contribution is -0.121. The van der Waals surface area contributed by atoms with E-state index in [0.717, 1.165) is 31.7 Å². The molecular formula is C24H50NO4Si. The molecule has 0 aromatic heterocycles. The van der Waals surface area contributed by atoms with E-state index in [1.165, 1.54) is 32.1 Å². The summed E-state index contributed by atoms with van der Waals surface area (Å²) in [5.74, 6) is 0.161. The van der Waals surface area contributed by atoms with Crippen LogP contribution in [0.25, 0.3) is 0 Å². The maximum absolute atomic E-state index is 12.2. The molecule has 30 heavy (non-hydrogen) atoms.